The van der Waals surface area contributed by atoms with Crippen molar-refractivity contribution in [1.29, 1.82) is 0 Å². The fourth-order valence-electron chi connectivity index (χ4n) is 3.12. The smallest absolute Gasteiger partial charge is 0.253 e. The predicted octanol–water partition coefficient (Wildman–Crippen LogP) is 3.80. The van der Waals surface area contributed by atoms with Gasteiger partial charge in [0.1, 0.15) is 11.5 Å². The average molecular weight is 388 g/mol. The lowest BCUT2D eigenvalue weighted by Gasteiger charge is -2.10. The lowest BCUT2D eigenvalue weighted by atomic mass is 10.1. The molecule has 1 aromatic heterocycles. The van der Waals surface area contributed by atoms with Gasteiger partial charge in [-0.2, -0.15) is 0 Å². The molecular weight excluding hydrogens is 368 g/mol. The maximum absolute atomic E-state index is 12.5. The standard InChI is InChI=1S/C23H20N2O4/c26-22(10-8-16-7-9-21-17(14-16)11-13-29-21)25-20-6-2-1-5-19(20)23(27)24-15-18-4-3-12-28-18/h1-10,12,14H,11,13,15H2,(H,24,27)(H,25,26)/b10-8+. The molecule has 2 heterocycles. The summed E-state index contributed by atoms with van der Waals surface area (Å²) < 4.78 is 10.7. The molecule has 2 N–H and O–H groups in total. The first-order chi connectivity index (χ1) is 14.2. The van der Waals surface area contributed by atoms with Crippen molar-refractivity contribution in [1.82, 2.24) is 5.32 Å². The molecule has 4 rings (SSSR count). The van der Waals surface area contributed by atoms with Crippen LogP contribution in [0.5, 0.6) is 5.75 Å². The Balaban J connectivity index is 1.41. The van der Waals surface area contributed by atoms with Crippen LogP contribution in [-0.4, -0.2) is 18.4 Å². The molecule has 0 bridgehead atoms. The van der Waals surface area contributed by atoms with Crippen LogP contribution in [0.4, 0.5) is 5.69 Å². The molecule has 2 aromatic carbocycles. The number of rotatable bonds is 6. The summed E-state index contributed by atoms with van der Waals surface area (Å²) in [5, 5.41) is 5.56. The van der Waals surface area contributed by atoms with Gasteiger partial charge in [0.05, 0.1) is 30.7 Å². The zero-order chi connectivity index (χ0) is 20.1. The van der Waals surface area contributed by atoms with Crippen LogP contribution in [0, 0.1) is 0 Å². The summed E-state index contributed by atoms with van der Waals surface area (Å²) in [5.41, 5.74) is 2.90. The molecule has 0 unspecified atom stereocenters. The lowest BCUT2D eigenvalue weighted by Crippen LogP contribution is -2.24. The Morgan fingerprint density at radius 3 is 2.83 bits per heavy atom. The number of hydrogen-bond donors (Lipinski definition) is 2. The number of carbonyl (C=O) groups is 2. The third-order valence-electron chi connectivity index (χ3n) is 4.57. The van der Waals surface area contributed by atoms with Crippen LogP contribution in [0.25, 0.3) is 6.08 Å². The minimum Gasteiger partial charge on any atom is -0.493 e. The Labute approximate surface area is 168 Å². The van der Waals surface area contributed by atoms with Gasteiger partial charge in [-0.05, 0) is 53.6 Å². The first kappa shape index (κ1) is 18.6. The van der Waals surface area contributed by atoms with Gasteiger partial charge in [0.25, 0.3) is 5.91 Å². The van der Waals surface area contributed by atoms with Gasteiger partial charge in [-0.3, -0.25) is 9.59 Å². The minimum absolute atomic E-state index is 0.274. The largest absolute Gasteiger partial charge is 0.493 e. The van der Waals surface area contributed by atoms with E-state index in [-0.39, 0.29) is 18.4 Å². The van der Waals surface area contributed by atoms with Crippen LogP contribution in [-0.2, 0) is 17.8 Å². The van der Waals surface area contributed by atoms with E-state index in [9.17, 15) is 9.59 Å². The summed E-state index contributed by atoms with van der Waals surface area (Å²) in [6.45, 7) is 0.970. The Kier molecular flexibility index (Phi) is 5.42. The summed E-state index contributed by atoms with van der Waals surface area (Å²) in [6.07, 6.45) is 5.63. The van der Waals surface area contributed by atoms with E-state index in [0.29, 0.717) is 23.6 Å². The second kappa shape index (κ2) is 8.48. The van der Waals surface area contributed by atoms with Crippen molar-refractivity contribution in [3.8, 4) is 5.75 Å². The van der Waals surface area contributed by atoms with Crippen LogP contribution in [0.15, 0.2) is 71.4 Å². The van der Waals surface area contributed by atoms with Crippen molar-refractivity contribution >= 4 is 23.6 Å². The molecule has 0 spiro atoms. The van der Waals surface area contributed by atoms with E-state index in [1.807, 2.05) is 18.2 Å². The third kappa shape index (κ3) is 4.55. The molecule has 0 fully saturated rings. The highest BCUT2D eigenvalue weighted by atomic mass is 16.5. The van der Waals surface area contributed by atoms with E-state index in [1.54, 1.807) is 48.7 Å². The molecule has 0 saturated heterocycles. The third-order valence-corrected chi connectivity index (χ3v) is 4.57. The molecule has 6 nitrogen and oxygen atoms in total. The minimum atomic E-state index is -0.312. The Morgan fingerprint density at radius 1 is 1.07 bits per heavy atom. The Morgan fingerprint density at radius 2 is 1.97 bits per heavy atom. The van der Waals surface area contributed by atoms with Gasteiger partial charge in [0, 0.05) is 12.5 Å². The highest BCUT2D eigenvalue weighted by Gasteiger charge is 2.13. The number of amides is 2. The molecule has 0 aliphatic carbocycles. The zero-order valence-corrected chi connectivity index (χ0v) is 15.7. The monoisotopic (exact) mass is 388 g/mol. The number of furan rings is 1. The SMILES string of the molecule is O=C(/C=C/c1ccc2c(c1)CCO2)Nc1ccccc1C(=O)NCc1ccco1. The molecule has 2 amide bonds. The molecule has 1 aliphatic rings. The summed E-state index contributed by atoms with van der Waals surface area (Å²) in [6, 6.07) is 16.3. The summed E-state index contributed by atoms with van der Waals surface area (Å²) in [7, 11) is 0. The number of benzene rings is 2. The van der Waals surface area contributed by atoms with Crippen LogP contribution in [0.2, 0.25) is 0 Å². The number of nitrogens with one attached hydrogen (secondary N) is 2. The van der Waals surface area contributed by atoms with E-state index < -0.39 is 0 Å². The average Bonchev–Trinajstić information content (AvgIpc) is 3.42. The van der Waals surface area contributed by atoms with E-state index in [2.05, 4.69) is 10.6 Å². The van der Waals surface area contributed by atoms with Gasteiger partial charge in [0.15, 0.2) is 0 Å². The van der Waals surface area contributed by atoms with Gasteiger partial charge in [-0.15, -0.1) is 0 Å². The summed E-state index contributed by atoms with van der Waals surface area (Å²) in [5.74, 6) is 0.955. The number of para-hydroxylation sites is 1. The van der Waals surface area contributed by atoms with E-state index >= 15 is 0 Å². The Bertz CT molecular complexity index is 1050. The molecule has 0 saturated carbocycles. The highest BCUT2D eigenvalue weighted by molar-refractivity contribution is 6.07. The number of anilines is 1. The fraction of sp³-hybridized carbons (Fsp3) is 0.130. The normalized spacial score (nSPS) is 12.4. The van der Waals surface area contributed by atoms with Gasteiger partial charge in [-0.25, -0.2) is 0 Å². The number of fused-ring (bicyclic) bond motifs is 1. The number of hydrogen-bond acceptors (Lipinski definition) is 4. The molecule has 1 aliphatic heterocycles. The maximum Gasteiger partial charge on any atom is 0.253 e. The summed E-state index contributed by atoms with van der Waals surface area (Å²) >= 11 is 0. The van der Waals surface area contributed by atoms with Crippen molar-refractivity contribution in [2.24, 2.45) is 0 Å². The second-order valence-corrected chi connectivity index (χ2v) is 6.60. The maximum atomic E-state index is 12.5. The van der Waals surface area contributed by atoms with Crippen molar-refractivity contribution in [2.45, 2.75) is 13.0 Å². The fourth-order valence-corrected chi connectivity index (χ4v) is 3.12. The molecule has 6 heteroatoms. The van der Waals surface area contributed by atoms with Crippen LogP contribution < -0.4 is 15.4 Å². The molecule has 146 valence electrons. The second-order valence-electron chi connectivity index (χ2n) is 6.60. The number of ether oxygens (including phenoxy) is 1. The van der Waals surface area contributed by atoms with Crippen LogP contribution in [0.3, 0.4) is 0 Å². The Hall–Kier alpha value is -3.80. The first-order valence-corrected chi connectivity index (χ1v) is 9.33. The molecule has 3 aromatic rings. The van der Waals surface area contributed by atoms with Crippen LogP contribution >= 0.6 is 0 Å². The van der Waals surface area contributed by atoms with Crippen molar-refractivity contribution in [3.05, 3.63) is 89.4 Å². The topological polar surface area (TPSA) is 80.6 Å². The predicted molar refractivity (Wildman–Crippen MR) is 110 cm³/mol. The van der Waals surface area contributed by atoms with Crippen molar-refractivity contribution in [2.75, 3.05) is 11.9 Å². The van der Waals surface area contributed by atoms with Gasteiger partial charge in [0.2, 0.25) is 5.91 Å². The van der Waals surface area contributed by atoms with Crippen molar-refractivity contribution in [3.63, 3.8) is 0 Å². The molecular formula is C23H20N2O4. The molecule has 0 radical (unpaired) electrons. The van der Waals surface area contributed by atoms with E-state index in [1.165, 1.54) is 6.08 Å². The quantitative estimate of drug-likeness (QED) is 0.630. The highest BCUT2D eigenvalue weighted by Crippen LogP contribution is 2.26. The van der Waals surface area contributed by atoms with Gasteiger partial charge >= 0.3 is 0 Å². The first-order valence-electron chi connectivity index (χ1n) is 9.33. The molecule has 29 heavy (non-hydrogen) atoms. The van der Waals surface area contributed by atoms with Crippen LogP contribution in [0.1, 0.15) is 27.2 Å². The molecule has 0 atom stereocenters. The zero-order valence-electron chi connectivity index (χ0n) is 15.7. The van der Waals surface area contributed by atoms with Gasteiger partial charge in [-0.1, -0.05) is 18.2 Å². The summed E-state index contributed by atoms with van der Waals surface area (Å²) in [4.78, 5) is 24.9. The lowest BCUT2D eigenvalue weighted by molar-refractivity contribution is -0.111. The van der Waals surface area contributed by atoms with Gasteiger partial charge < -0.3 is 19.8 Å². The van der Waals surface area contributed by atoms with Crippen molar-refractivity contribution < 1.29 is 18.7 Å². The van der Waals surface area contributed by atoms with E-state index in [0.717, 1.165) is 23.3 Å². The number of carbonyl (C=O) groups excluding carboxylic acids is 2. The van der Waals surface area contributed by atoms with E-state index in [4.69, 9.17) is 9.15 Å².